The third kappa shape index (κ3) is 3.65. The maximum absolute atomic E-state index is 12.7. The first kappa shape index (κ1) is 18.0. The number of hydrogen-bond acceptors (Lipinski definition) is 5. The van der Waals surface area contributed by atoms with Gasteiger partial charge in [-0.1, -0.05) is 24.3 Å². The van der Waals surface area contributed by atoms with Gasteiger partial charge in [-0.3, -0.25) is 14.7 Å². The molecule has 7 nitrogen and oxygen atoms in total. The minimum absolute atomic E-state index is 0.202. The number of pyridine rings is 1. The van der Waals surface area contributed by atoms with Gasteiger partial charge in [0.1, 0.15) is 5.82 Å². The summed E-state index contributed by atoms with van der Waals surface area (Å²) < 4.78 is 2.01. The Balaban J connectivity index is 1.28. The van der Waals surface area contributed by atoms with Gasteiger partial charge in [0.2, 0.25) is 5.82 Å². The van der Waals surface area contributed by atoms with Crippen molar-refractivity contribution in [2.45, 2.75) is 26.4 Å². The quantitative estimate of drug-likeness (QED) is 0.743. The Bertz CT molecular complexity index is 1030. The Kier molecular flexibility index (Phi) is 4.60. The van der Waals surface area contributed by atoms with Crippen molar-refractivity contribution < 1.29 is 4.79 Å². The number of anilines is 1. The number of likely N-dealkylation sites (tertiary alicyclic amines) is 1. The highest BCUT2D eigenvalue weighted by atomic mass is 16.2. The Labute approximate surface area is 169 Å². The van der Waals surface area contributed by atoms with Crippen molar-refractivity contribution in [3.63, 3.8) is 0 Å². The Morgan fingerprint density at radius 3 is 2.69 bits per heavy atom. The highest BCUT2D eigenvalue weighted by molar-refractivity contribution is 6.01. The summed E-state index contributed by atoms with van der Waals surface area (Å²) in [5.74, 6) is 2.18. The third-order valence-corrected chi connectivity index (χ3v) is 5.91. The highest BCUT2D eigenvalue weighted by Crippen LogP contribution is 2.33. The molecule has 1 fully saturated rings. The maximum Gasteiger partial charge on any atom is 0.293 e. The Hall–Kier alpha value is -3.06. The van der Waals surface area contributed by atoms with Crippen LogP contribution < -0.4 is 5.32 Å². The molecular weight excluding hydrogens is 364 g/mol. The largest absolute Gasteiger partial charge is 0.319 e. The Morgan fingerprint density at radius 1 is 1.03 bits per heavy atom. The Morgan fingerprint density at radius 2 is 1.86 bits per heavy atom. The molecular formula is C22H24N6O. The molecule has 4 heterocycles. The molecule has 29 heavy (non-hydrogen) atoms. The van der Waals surface area contributed by atoms with E-state index in [2.05, 4.69) is 37.5 Å². The van der Waals surface area contributed by atoms with Gasteiger partial charge in [0.25, 0.3) is 5.91 Å². The van der Waals surface area contributed by atoms with Gasteiger partial charge in [0, 0.05) is 44.0 Å². The van der Waals surface area contributed by atoms with Gasteiger partial charge in [-0.2, -0.15) is 0 Å². The molecule has 0 radical (unpaired) electrons. The van der Waals surface area contributed by atoms with Gasteiger partial charge in [0.15, 0.2) is 0 Å². The lowest BCUT2D eigenvalue weighted by atomic mass is 9.89. The van der Waals surface area contributed by atoms with Crippen molar-refractivity contribution in [3.05, 3.63) is 71.6 Å². The number of carbonyl (C=O) groups excluding carboxylic acids is 1. The zero-order chi connectivity index (χ0) is 19.8. The van der Waals surface area contributed by atoms with Crippen molar-refractivity contribution >= 4 is 11.6 Å². The fraction of sp³-hybridized carbons (Fsp3) is 0.364. The van der Waals surface area contributed by atoms with Crippen LogP contribution in [0, 0.1) is 18.8 Å². The van der Waals surface area contributed by atoms with E-state index in [4.69, 9.17) is 0 Å². The minimum atomic E-state index is -0.202. The number of amides is 1. The molecule has 1 aromatic carbocycles. The number of carbonyl (C=O) groups is 1. The van der Waals surface area contributed by atoms with E-state index in [1.807, 2.05) is 47.9 Å². The lowest BCUT2D eigenvalue weighted by Gasteiger charge is -2.25. The molecule has 148 valence electrons. The lowest BCUT2D eigenvalue weighted by molar-refractivity contribution is 0.100. The molecule has 2 aliphatic heterocycles. The normalized spacial score (nSPS) is 20.9. The summed E-state index contributed by atoms with van der Waals surface area (Å²) in [6.45, 7) is 5.75. The first-order valence-corrected chi connectivity index (χ1v) is 10.1. The number of benzene rings is 1. The van der Waals surface area contributed by atoms with E-state index in [-0.39, 0.29) is 5.91 Å². The first-order valence-electron chi connectivity index (χ1n) is 10.1. The molecule has 0 aliphatic carbocycles. The SMILES string of the molecule is Cc1cccc(CN2C[C@H]3Cc4nnc(C(=O)Nc5ccccc5)n4C[C@H]3C2)n1. The van der Waals surface area contributed by atoms with E-state index in [9.17, 15) is 4.79 Å². The fourth-order valence-electron chi connectivity index (χ4n) is 4.54. The van der Waals surface area contributed by atoms with E-state index in [1.165, 1.54) is 0 Å². The van der Waals surface area contributed by atoms with Crippen LogP contribution in [0.1, 0.15) is 27.8 Å². The van der Waals surface area contributed by atoms with Crippen LogP contribution in [0.5, 0.6) is 0 Å². The second kappa shape index (κ2) is 7.40. The van der Waals surface area contributed by atoms with Crippen molar-refractivity contribution in [1.82, 2.24) is 24.6 Å². The van der Waals surface area contributed by atoms with Gasteiger partial charge in [-0.05, 0) is 43.0 Å². The highest BCUT2D eigenvalue weighted by Gasteiger charge is 2.39. The van der Waals surface area contributed by atoms with Crippen LogP contribution in [-0.2, 0) is 19.5 Å². The molecule has 5 rings (SSSR count). The molecule has 2 atom stereocenters. The molecule has 3 aromatic rings. The smallest absolute Gasteiger partial charge is 0.293 e. The number of aryl methyl sites for hydroxylation is 1. The van der Waals surface area contributed by atoms with Crippen LogP contribution >= 0.6 is 0 Å². The molecule has 1 N–H and O–H groups in total. The summed E-state index contributed by atoms with van der Waals surface area (Å²) in [7, 11) is 0. The lowest BCUT2D eigenvalue weighted by Crippen LogP contribution is -2.31. The van der Waals surface area contributed by atoms with Crippen LogP contribution in [-0.4, -0.2) is 43.6 Å². The topological polar surface area (TPSA) is 75.9 Å². The van der Waals surface area contributed by atoms with Crippen molar-refractivity contribution in [2.75, 3.05) is 18.4 Å². The summed E-state index contributed by atoms with van der Waals surface area (Å²) >= 11 is 0. The molecule has 1 amide bonds. The first-order chi connectivity index (χ1) is 14.2. The molecule has 0 saturated carbocycles. The standard InChI is InChI=1S/C22H24N6O/c1-15-6-5-9-19(23-15)14-27-11-16-10-20-25-26-21(28(20)13-17(16)12-27)22(29)24-18-7-3-2-4-8-18/h2-9,16-17H,10-14H2,1H3,(H,24,29)/t16-,17-/m1/s1. The number of rotatable bonds is 4. The van der Waals surface area contributed by atoms with Crippen LogP contribution in [0.25, 0.3) is 0 Å². The number of aromatic nitrogens is 4. The summed E-state index contributed by atoms with van der Waals surface area (Å²) in [6, 6.07) is 15.7. The molecule has 2 aromatic heterocycles. The summed E-state index contributed by atoms with van der Waals surface area (Å²) in [5, 5.41) is 11.4. The fourth-order valence-corrected chi connectivity index (χ4v) is 4.54. The van der Waals surface area contributed by atoms with Gasteiger partial charge < -0.3 is 9.88 Å². The number of nitrogens with zero attached hydrogens (tertiary/aromatic N) is 5. The number of hydrogen-bond donors (Lipinski definition) is 1. The van der Waals surface area contributed by atoms with E-state index in [1.54, 1.807) is 0 Å². The molecule has 0 spiro atoms. The average molecular weight is 388 g/mol. The number of para-hydroxylation sites is 1. The molecule has 2 aliphatic rings. The van der Waals surface area contributed by atoms with Crippen molar-refractivity contribution in [3.8, 4) is 0 Å². The van der Waals surface area contributed by atoms with Crippen molar-refractivity contribution in [1.29, 1.82) is 0 Å². The van der Waals surface area contributed by atoms with E-state index < -0.39 is 0 Å². The number of fused-ring (bicyclic) bond motifs is 2. The van der Waals surface area contributed by atoms with Crippen LogP contribution in [0.2, 0.25) is 0 Å². The molecule has 0 bridgehead atoms. The van der Waals surface area contributed by atoms with E-state index in [0.717, 1.165) is 55.5 Å². The molecule has 7 heteroatoms. The minimum Gasteiger partial charge on any atom is -0.319 e. The van der Waals surface area contributed by atoms with Crippen LogP contribution in [0.3, 0.4) is 0 Å². The average Bonchev–Trinajstić information content (AvgIpc) is 3.29. The molecule has 1 saturated heterocycles. The summed E-state index contributed by atoms with van der Waals surface area (Å²) in [5.41, 5.74) is 2.94. The maximum atomic E-state index is 12.7. The third-order valence-electron chi connectivity index (χ3n) is 5.91. The second-order valence-electron chi connectivity index (χ2n) is 8.06. The van der Waals surface area contributed by atoms with Gasteiger partial charge in [0.05, 0.1) is 5.69 Å². The predicted octanol–water partition coefficient (Wildman–Crippen LogP) is 2.54. The monoisotopic (exact) mass is 388 g/mol. The van der Waals surface area contributed by atoms with Crippen LogP contribution in [0.15, 0.2) is 48.5 Å². The zero-order valence-corrected chi connectivity index (χ0v) is 16.5. The van der Waals surface area contributed by atoms with Gasteiger partial charge in [-0.25, -0.2) is 0 Å². The summed E-state index contributed by atoms with van der Waals surface area (Å²) in [6.07, 6.45) is 0.869. The van der Waals surface area contributed by atoms with Crippen molar-refractivity contribution in [2.24, 2.45) is 11.8 Å². The second-order valence-corrected chi connectivity index (χ2v) is 8.06. The van der Waals surface area contributed by atoms with E-state index in [0.29, 0.717) is 17.7 Å². The zero-order valence-electron chi connectivity index (χ0n) is 16.5. The predicted molar refractivity (Wildman–Crippen MR) is 109 cm³/mol. The van der Waals surface area contributed by atoms with Gasteiger partial charge in [-0.15, -0.1) is 10.2 Å². The summed E-state index contributed by atoms with van der Waals surface area (Å²) in [4.78, 5) is 19.8. The molecule has 0 unspecified atom stereocenters. The van der Waals surface area contributed by atoms with Crippen LogP contribution in [0.4, 0.5) is 5.69 Å². The van der Waals surface area contributed by atoms with E-state index >= 15 is 0 Å². The van der Waals surface area contributed by atoms with Gasteiger partial charge >= 0.3 is 0 Å². The number of nitrogens with one attached hydrogen (secondary N) is 1.